The molecular weight excluding hydrogens is 426 g/mol. The van der Waals surface area contributed by atoms with E-state index in [9.17, 15) is 15.3 Å². The van der Waals surface area contributed by atoms with Crippen LogP contribution in [-0.4, -0.2) is 6.54 Å². The largest absolute Gasteiger partial charge is 0.461 e. The van der Waals surface area contributed by atoms with Gasteiger partial charge in [0.05, 0.1) is 5.56 Å². The molecule has 0 saturated heterocycles. The lowest BCUT2D eigenvalue weighted by molar-refractivity contribution is 0.223. The van der Waals surface area contributed by atoms with Gasteiger partial charge >= 0.3 is 5.63 Å². The number of nitrogens with zero attached hydrogens (tertiary/aromatic N) is 2. The van der Waals surface area contributed by atoms with E-state index in [4.69, 9.17) is 9.15 Å². The van der Waals surface area contributed by atoms with Crippen molar-refractivity contribution in [1.82, 2.24) is 5.32 Å². The van der Waals surface area contributed by atoms with Crippen molar-refractivity contribution in [1.29, 1.82) is 10.5 Å². The molecule has 0 bridgehead atoms. The number of nitrogens with one attached hydrogen (secondary N) is 1. The van der Waals surface area contributed by atoms with Crippen molar-refractivity contribution < 1.29 is 9.15 Å². The second kappa shape index (κ2) is 9.28. The molecule has 0 aliphatic carbocycles. The molecule has 3 heterocycles. The Balaban J connectivity index is 1.73. The van der Waals surface area contributed by atoms with Gasteiger partial charge in [-0.05, 0) is 48.1 Å². The maximum absolute atomic E-state index is 12.7. The molecule has 2 aliphatic heterocycles. The van der Waals surface area contributed by atoms with E-state index < -0.39 is 5.63 Å². The molecule has 1 aromatic heterocycles. The molecular formula is C28H23N3O3. The molecule has 168 valence electrons. The summed E-state index contributed by atoms with van der Waals surface area (Å²) in [5, 5.41) is 22.8. The van der Waals surface area contributed by atoms with Crippen molar-refractivity contribution in [2.75, 3.05) is 6.54 Å². The fraction of sp³-hybridized carbons (Fsp3) is 0.250. The molecule has 4 rings (SSSR count). The van der Waals surface area contributed by atoms with E-state index in [1.807, 2.05) is 45.0 Å². The minimum atomic E-state index is -0.478. The summed E-state index contributed by atoms with van der Waals surface area (Å²) in [5.41, 5.74) is 2.40. The van der Waals surface area contributed by atoms with Gasteiger partial charge in [-0.25, -0.2) is 4.79 Å². The first-order valence-corrected chi connectivity index (χ1v) is 10.9. The Hall–Kier alpha value is -4.31. The zero-order valence-corrected chi connectivity index (χ0v) is 19.3. The molecule has 6 nitrogen and oxygen atoms in total. The number of fused-ring (bicyclic) bond motifs is 2. The summed E-state index contributed by atoms with van der Waals surface area (Å²) in [6, 6.07) is 9.42. The minimum Gasteiger partial charge on any atom is -0.461 e. The van der Waals surface area contributed by atoms with Gasteiger partial charge in [0.1, 0.15) is 34.8 Å². The van der Waals surface area contributed by atoms with Crippen molar-refractivity contribution in [3.8, 4) is 24.0 Å². The fourth-order valence-electron chi connectivity index (χ4n) is 3.58. The molecule has 0 unspecified atom stereocenters. The lowest BCUT2D eigenvalue weighted by atomic mass is 9.90. The highest BCUT2D eigenvalue weighted by molar-refractivity contribution is 5.81. The van der Waals surface area contributed by atoms with Crippen molar-refractivity contribution >= 4 is 17.0 Å². The van der Waals surface area contributed by atoms with Gasteiger partial charge in [-0.1, -0.05) is 32.6 Å². The van der Waals surface area contributed by atoms with Gasteiger partial charge in [0, 0.05) is 41.4 Å². The van der Waals surface area contributed by atoms with Crippen LogP contribution in [0, 0.1) is 39.9 Å². The van der Waals surface area contributed by atoms with Gasteiger partial charge < -0.3 is 14.5 Å². The van der Waals surface area contributed by atoms with Crippen LogP contribution in [0.5, 0.6) is 0 Å². The first-order chi connectivity index (χ1) is 16.3. The molecule has 0 amide bonds. The Morgan fingerprint density at radius 1 is 1.15 bits per heavy atom. The molecule has 0 atom stereocenters. The van der Waals surface area contributed by atoms with Crippen LogP contribution in [0.1, 0.15) is 43.9 Å². The number of rotatable bonds is 2. The van der Waals surface area contributed by atoms with Crippen molar-refractivity contribution in [2.45, 2.75) is 33.7 Å². The Labute approximate surface area is 198 Å². The average molecular weight is 450 g/mol. The van der Waals surface area contributed by atoms with E-state index >= 15 is 0 Å². The summed E-state index contributed by atoms with van der Waals surface area (Å²) in [6.07, 6.45) is 7.35. The summed E-state index contributed by atoms with van der Waals surface area (Å²) < 4.78 is 11.6. The summed E-state index contributed by atoms with van der Waals surface area (Å²) in [5.74, 6) is 7.30. The monoisotopic (exact) mass is 449 g/mol. The lowest BCUT2D eigenvalue weighted by Gasteiger charge is -2.26. The van der Waals surface area contributed by atoms with Gasteiger partial charge in [0.2, 0.25) is 0 Å². The zero-order chi connectivity index (χ0) is 24.3. The average Bonchev–Trinajstić information content (AvgIpc) is 2.78. The third kappa shape index (κ3) is 4.86. The summed E-state index contributed by atoms with van der Waals surface area (Å²) >= 11 is 0. The van der Waals surface area contributed by atoms with Gasteiger partial charge in [-0.3, -0.25) is 0 Å². The molecule has 0 radical (unpaired) electrons. The molecule has 1 aromatic carbocycles. The Morgan fingerprint density at radius 2 is 1.94 bits per heavy atom. The molecule has 2 aliphatic rings. The molecule has 6 heteroatoms. The first-order valence-electron chi connectivity index (χ1n) is 10.9. The third-order valence-electron chi connectivity index (χ3n) is 5.44. The van der Waals surface area contributed by atoms with Crippen LogP contribution < -0.4 is 10.9 Å². The SMILES string of the molecule is CC(C)(C)C1=CC(=C(C#N)C#N)C=C(/C=C/c2cc3cc4c(cc3oc2=O)C#CCCNC4)O1. The first kappa shape index (κ1) is 22.9. The number of hydrogen-bond acceptors (Lipinski definition) is 6. The quantitative estimate of drug-likeness (QED) is 0.400. The van der Waals surface area contributed by atoms with Crippen molar-refractivity contribution in [3.63, 3.8) is 0 Å². The second-order valence-corrected chi connectivity index (χ2v) is 9.06. The van der Waals surface area contributed by atoms with Crippen molar-refractivity contribution in [2.24, 2.45) is 5.41 Å². The maximum Gasteiger partial charge on any atom is 0.343 e. The molecule has 2 aromatic rings. The molecule has 1 N–H and O–H groups in total. The van der Waals surface area contributed by atoms with Gasteiger partial charge in [0.25, 0.3) is 0 Å². The van der Waals surface area contributed by atoms with Gasteiger partial charge in [0.15, 0.2) is 0 Å². The molecule has 0 spiro atoms. The standard InChI is InChI=1S/C28H23N3O3/c1-28(2,3)26-14-20(23(15-29)16-30)12-24(33-26)8-7-19-10-21-11-22-17-31-9-5-4-6-18(22)13-25(21)34-27(19)32/h7-8,10-14,31H,5,9,17H2,1-3H3/b8-7+. The molecule has 34 heavy (non-hydrogen) atoms. The third-order valence-corrected chi connectivity index (χ3v) is 5.44. The van der Waals surface area contributed by atoms with Gasteiger partial charge in [-0.15, -0.1) is 0 Å². The predicted molar refractivity (Wildman–Crippen MR) is 130 cm³/mol. The van der Waals surface area contributed by atoms with Crippen LogP contribution in [0.15, 0.2) is 68.3 Å². The number of benzene rings is 1. The fourth-order valence-corrected chi connectivity index (χ4v) is 3.58. The van der Waals surface area contributed by atoms with Gasteiger partial charge in [-0.2, -0.15) is 10.5 Å². The Kier molecular flexibility index (Phi) is 6.24. The zero-order valence-electron chi connectivity index (χ0n) is 19.3. The maximum atomic E-state index is 12.7. The van der Waals surface area contributed by atoms with Crippen LogP contribution in [0.3, 0.4) is 0 Å². The van der Waals surface area contributed by atoms with Crippen molar-refractivity contribution in [3.05, 3.63) is 86.2 Å². The van der Waals surface area contributed by atoms with E-state index in [0.29, 0.717) is 34.8 Å². The minimum absolute atomic E-state index is 0.00521. The topological polar surface area (TPSA) is 99.0 Å². The highest BCUT2D eigenvalue weighted by Gasteiger charge is 2.24. The number of hydrogen-bond donors (Lipinski definition) is 1. The Morgan fingerprint density at radius 3 is 2.68 bits per heavy atom. The smallest absolute Gasteiger partial charge is 0.343 e. The van der Waals surface area contributed by atoms with E-state index in [0.717, 1.165) is 29.5 Å². The van der Waals surface area contributed by atoms with Crippen LogP contribution in [0.4, 0.5) is 0 Å². The number of ether oxygens (including phenoxy) is 1. The van der Waals surface area contributed by atoms with Crippen LogP contribution >= 0.6 is 0 Å². The summed E-state index contributed by atoms with van der Waals surface area (Å²) in [7, 11) is 0. The number of allylic oxidation sites excluding steroid dienone is 6. The summed E-state index contributed by atoms with van der Waals surface area (Å²) in [6.45, 7) is 7.46. The normalized spacial score (nSPS) is 15.5. The molecule has 0 saturated carbocycles. The highest BCUT2D eigenvalue weighted by Crippen LogP contribution is 2.34. The van der Waals surface area contributed by atoms with E-state index in [1.54, 1.807) is 30.4 Å². The van der Waals surface area contributed by atoms with E-state index in [-0.39, 0.29) is 11.0 Å². The van der Waals surface area contributed by atoms with E-state index in [1.165, 1.54) is 0 Å². The van der Waals surface area contributed by atoms with Crippen LogP contribution in [-0.2, 0) is 11.3 Å². The Bertz CT molecular complexity index is 1490. The predicted octanol–water partition coefficient (Wildman–Crippen LogP) is 4.84. The lowest BCUT2D eigenvalue weighted by Crippen LogP contribution is -2.16. The van der Waals surface area contributed by atoms with E-state index in [2.05, 4.69) is 17.2 Å². The number of nitriles is 2. The molecule has 0 fully saturated rings. The van der Waals surface area contributed by atoms with Crippen LogP contribution in [0.2, 0.25) is 0 Å². The van der Waals surface area contributed by atoms with Crippen LogP contribution in [0.25, 0.3) is 17.0 Å². The summed E-state index contributed by atoms with van der Waals surface area (Å²) in [4.78, 5) is 12.7. The second-order valence-electron chi connectivity index (χ2n) is 9.06. The highest BCUT2D eigenvalue weighted by atomic mass is 16.5.